The molecule has 0 bridgehead atoms. The normalized spacial score (nSPS) is 16.4. The fourth-order valence-corrected chi connectivity index (χ4v) is 2.21. The van der Waals surface area contributed by atoms with E-state index in [9.17, 15) is 9.59 Å². The number of morpholine rings is 1. The molecule has 1 aliphatic heterocycles. The van der Waals surface area contributed by atoms with Crippen LogP contribution in [0.1, 0.15) is 23.0 Å². The number of aromatic carboxylic acids is 1. The highest BCUT2D eigenvalue weighted by molar-refractivity contribution is 5.89. The number of aromatic nitrogens is 1. The van der Waals surface area contributed by atoms with Crippen molar-refractivity contribution in [2.45, 2.75) is 19.9 Å². The van der Waals surface area contributed by atoms with Crippen LogP contribution in [-0.4, -0.2) is 59.2 Å². The fourth-order valence-electron chi connectivity index (χ4n) is 2.21. The highest BCUT2D eigenvalue weighted by Crippen LogP contribution is 2.12. The van der Waals surface area contributed by atoms with Crippen LogP contribution in [0.5, 0.6) is 0 Å². The van der Waals surface area contributed by atoms with Crippen molar-refractivity contribution in [3.63, 3.8) is 0 Å². The van der Waals surface area contributed by atoms with Crippen LogP contribution in [0.2, 0.25) is 0 Å². The number of anilines is 1. The van der Waals surface area contributed by atoms with E-state index in [1.807, 2.05) is 0 Å². The second-order valence-corrected chi connectivity index (χ2v) is 4.94. The Morgan fingerprint density at radius 2 is 2.05 bits per heavy atom. The van der Waals surface area contributed by atoms with Crippen molar-refractivity contribution in [2.75, 3.05) is 31.6 Å². The minimum Gasteiger partial charge on any atom is -0.478 e. The lowest BCUT2D eigenvalue weighted by molar-refractivity contribution is -0.135. The number of nitrogens with zero attached hydrogens (tertiary/aromatic N) is 2. The quantitative estimate of drug-likeness (QED) is 0.851. The Morgan fingerprint density at radius 3 is 2.62 bits per heavy atom. The van der Waals surface area contributed by atoms with E-state index in [4.69, 9.17) is 9.84 Å². The van der Waals surface area contributed by atoms with E-state index in [2.05, 4.69) is 10.3 Å². The van der Waals surface area contributed by atoms with Crippen LogP contribution >= 0.6 is 0 Å². The van der Waals surface area contributed by atoms with E-state index in [-0.39, 0.29) is 11.5 Å². The summed E-state index contributed by atoms with van der Waals surface area (Å²) in [5.41, 5.74) is 0.575. The van der Waals surface area contributed by atoms with Gasteiger partial charge in [-0.1, -0.05) is 0 Å². The van der Waals surface area contributed by atoms with E-state index in [1.54, 1.807) is 24.8 Å². The number of hydrogen-bond donors (Lipinski definition) is 2. The first-order valence-corrected chi connectivity index (χ1v) is 6.83. The number of hydrogen-bond acceptors (Lipinski definition) is 5. The van der Waals surface area contributed by atoms with E-state index >= 15 is 0 Å². The van der Waals surface area contributed by atoms with Crippen molar-refractivity contribution in [1.82, 2.24) is 9.88 Å². The lowest BCUT2D eigenvalue weighted by Gasteiger charge is -2.29. The fraction of sp³-hybridized carbons (Fsp3) is 0.500. The molecule has 1 aromatic heterocycles. The Balaban J connectivity index is 2.01. The number of nitrogens with one attached hydrogen (secondary N) is 1. The number of ether oxygens (including phenoxy) is 1. The van der Waals surface area contributed by atoms with Crippen molar-refractivity contribution >= 4 is 17.7 Å². The van der Waals surface area contributed by atoms with Crippen LogP contribution in [0.3, 0.4) is 0 Å². The maximum atomic E-state index is 12.2. The standard InChI is InChI=1S/C14H19N3O4/c1-9-11(14(19)20)3-4-12(15-9)16-10(2)13(18)17-5-7-21-8-6-17/h3-4,10H,5-8H2,1-2H3,(H,15,16)(H,19,20). The molecule has 2 heterocycles. The maximum absolute atomic E-state index is 12.2. The van der Waals surface area contributed by atoms with Crippen LogP contribution in [0.15, 0.2) is 12.1 Å². The Labute approximate surface area is 122 Å². The zero-order chi connectivity index (χ0) is 15.4. The zero-order valence-corrected chi connectivity index (χ0v) is 12.1. The number of carboxylic acids is 1. The molecule has 114 valence electrons. The van der Waals surface area contributed by atoms with Crippen LogP contribution in [-0.2, 0) is 9.53 Å². The smallest absolute Gasteiger partial charge is 0.337 e. The predicted octanol–water partition coefficient (Wildman–Crippen LogP) is 0.747. The van der Waals surface area contributed by atoms with Gasteiger partial charge in [-0.3, -0.25) is 4.79 Å². The third-order valence-electron chi connectivity index (χ3n) is 3.37. The molecule has 1 aliphatic rings. The van der Waals surface area contributed by atoms with Crippen LogP contribution in [0, 0.1) is 6.92 Å². The Bertz CT molecular complexity index is 541. The van der Waals surface area contributed by atoms with Gasteiger partial charge in [0.25, 0.3) is 0 Å². The number of amides is 1. The molecular formula is C14H19N3O4. The molecule has 1 aromatic rings. The Morgan fingerprint density at radius 1 is 1.38 bits per heavy atom. The number of aryl methyl sites for hydroxylation is 1. The molecule has 0 aromatic carbocycles. The molecule has 1 amide bonds. The van der Waals surface area contributed by atoms with Crippen LogP contribution in [0.25, 0.3) is 0 Å². The summed E-state index contributed by atoms with van der Waals surface area (Å²) in [6.07, 6.45) is 0. The number of carboxylic acid groups (broad SMARTS) is 1. The molecule has 21 heavy (non-hydrogen) atoms. The SMILES string of the molecule is Cc1nc(NC(C)C(=O)N2CCOCC2)ccc1C(=O)O. The lowest BCUT2D eigenvalue weighted by Crippen LogP contribution is -2.47. The second kappa shape index (κ2) is 6.53. The van der Waals surface area contributed by atoms with Gasteiger partial charge in [0.2, 0.25) is 5.91 Å². The highest BCUT2D eigenvalue weighted by Gasteiger charge is 2.22. The third-order valence-corrected chi connectivity index (χ3v) is 3.37. The zero-order valence-electron chi connectivity index (χ0n) is 12.1. The molecule has 7 nitrogen and oxygen atoms in total. The first-order chi connectivity index (χ1) is 9.99. The number of carbonyl (C=O) groups excluding carboxylic acids is 1. The van der Waals surface area contributed by atoms with Crippen molar-refractivity contribution in [3.05, 3.63) is 23.4 Å². The molecule has 1 unspecified atom stereocenters. The molecule has 0 saturated carbocycles. The summed E-state index contributed by atoms with van der Waals surface area (Å²) in [6, 6.07) is 2.63. The van der Waals surface area contributed by atoms with E-state index in [0.717, 1.165) is 0 Å². The molecule has 1 fully saturated rings. The molecule has 2 rings (SSSR count). The van der Waals surface area contributed by atoms with Gasteiger partial charge in [-0.05, 0) is 26.0 Å². The molecule has 2 N–H and O–H groups in total. The summed E-state index contributed by atoms with van der Waals surface area (Å²) >= 11 is 0. The summed E-state index contributed by atoms with van der Waals surface area (Å²) in [7, 11) is 0. The molecule has 0 aliphatic carbocycles. The number of carbonyl (C=O) groups is 2. The molecule has 1 atom stereocenters. The molecule has 0 radical (unpaired) electrons. The van der Waals surface area contributed by atoms with Crippen molar-refractivity contribution < 1.29 is 19.4 Å². The Hall–Kier alpha value is -2.15. The average molecular weight is 293 g/mol. The summed E-state index contributed by atoms with van der Waals surface area (Å²) in [6.45, 7) is 5.69. The monoisotopic (exact) mass is 293 g/mol. The van der Waals surface area contributed by atoms with E-state index in [1.165, 1.54) is 6.07 Å². The Kier molecular flexibility index (Phi) is 4.74. The average Bonchev–Trinajstić information content (AvgIpc) is 2.47. The summed E-state index contributed by atoms with van der Waals surface area (Å²) in [5.74, 6) is -0.532. The van der Waals surface area contributed by atoms with Crippen LogP contribution < -0.4 is 5.32 Å². The van der Waals surface area contributed by atoms with Gasteiger partial charge in [0.1, 0.15) is 11.9 Å². The van der Waals surface area contributed by atoms with Gasteiger partial charge in [0.15, 0.2) is 0 Å². The second-order valence-electron chi connectivity index (χ2n) is 4.94. The van der Waals surface area contributed by atoms with Gasteiger partial charge < -0.3 is 20.1 Å². The largest absolute Gasteiger partial charge is 0.478 e. The van der Waals surface area contributed by atoms with Gasteiger partial charge in [-0.2, -0.15) is 0 Å². The van der Waals surface area contributed by atoms with E-state index < -0.39 is 12.0 Å². The summed E-state index contributed by atoms with van der Waals surface area (Å²) < 4.78 is 5.22. The summed E-state index contributed by atoms with van der Waals surface area (Å²) in [5, 5.41) is 12.0. The maximum Gasteiger partial charge on any atom is 0.337 e. The topological polar surface area (TPSA) is 91.8 Å². The van der Waals surface area contributed by atoms with Gasteiger partial charge in [-0.25, -0.2) is 9.78 Å². The van der Waals surface area contributed by atoms with Gasteiger partial charge >= 0.3 is 5.97 Å². The molecule has 1 saturated heterocycles. The van der Waals surface area contributed by atoms with Crippen molar-refractivity contribution in [1.29, 1.82) is 0 Å². The van der Waals surface area contributed by atoms with E-state index in [0.29, 0.717) is 37.8 Å². The summed E-state index contributed by atoms with van der Waals surface area (Å²) in [4.78, 5) is 29.1. The van der Waals surface area contributed by atoms with Crippen molar-refractivity contribution in [3.8, 4) is 0 Å². The third kappa shape index (κ3) is 3.69. The number of rotatable bonds is 4. The van der Waals surface area contributed by atoms with Gasteiger partial charge in [0, 0.05) is 13.1 Å². The van der Waals surface area contributed by atoms with Gasteiger partial charge in [0.05, 0.1) is 24.5 Å². The molecule has 0 spiro atoms. The predicted molar refractivity (Wildman–Crippen MR) is 76.4 cm³/mol. The van der Waals surface area contributed by atoms with Crippen LogP contribution in [0.4, 0.5) is 5.82 Å². The highest BCUT2D eigenvalue weighted by atomic mass is 16.5. The lowest BCUT2D eigenvalue weighted by atomic mass is 10.2. The number of pyridine rings is 1. The first-order valence-electron chi connectivity index (χ1n) is 6.83. The minimum atomic E-state index is -1.01. The first kappa shape index (κ1) is 15.2. The van der Waals surface area contributed by atoms with Crippen molar-refractivity contribution in [2.24, 2.45) is 0 Å². The minimum absolute atomic E-state index is 0.0138. The molecule has 7 heteroatoms. The molecular weight excluding hydrogens is 274 g/mol. The van der Waals surface area contributed by atoms with Gasteiger partial charge in [-0.15, -0.1) is 0 Å².